The van der Waals surface area contributed by atoms with E-state index in [1.54, 1.807) is 29.2 Å². The van der Waals surface area contributed by atoms with E-state index in [1.165, 1.54) is 10.9 Å². The van der Waals surface area contributed by atoms with Gasteiger partial charge in [0.1, 0.15) is 36.3 Å². The predicted octanol–water partition coefficient (Wildman–Crippen LogP) is 3.86. The molecule has 3 aromatic rings. The topological polar surface area (TPSA) is 83.9 Å². The number of pyridine rings is 1. The number of carbonyl (C=O) groups excluding carboxylic acids is 2. The van der Waals surface area contributed by atoms with Gasteiger partial charge in [0.25, 0.3) is 11.8 Å². The number of hydrogen-bond acceptors (Lipinski definition) is 5. The Hall–Kier alpha value is -4.54. The van der Waals surface area contributed by atoms with Gasteiger partial charge in [-0.2, -0.15) is 0 Å². The fourth-order valence-corrected chi connectivity index (χ4v) is 4.80. The van der Waals surface area contributed by atoms with Crippen LogP contribution in [0, 0.1) is 17.5 Å². The molecule has 0 unspecified atom stereocenters. The average molecular weight is 553 g/mol. The first-order valence-corrected chi connectivity index (χ1v) is 12.8. The molecule has 2 amide bonds. The number of benzene rings is 2. The van der Waals surface area contributed by atoms with E-state index in [-0.39, 0.29) is 42.4 Å². The lowest BCUT2D eigenvalue weighted by molar-refractivity contribution is 0.0631. The molecule has 5 rings (SSSR count). The second-order valence-corrected chi connectivity index (χ2v) is 9.81. The largest absolute Gasteiger partial charge is 0.482 e. The third-order valence-electron chi connectivity index (χ3n) is 7.08. The highest BCUT2D eigenvalue weighted by Gasteiger charge is 2.38. The van der Waals surface area contributed by atoms with Crippen molar-refractivity contribution >= 4 is 11.8 Å². The highest BCUT2D eigenvalue weighted by atomic mass is 19.1. The quantitative estimate of drug-likeness (QED) is 0.470. The van der Waals surface area contributed by atoms with Gasteiger partial charge in [0.15, 0.2) is 11.4 Å². The minimum absolute atomic E-state index is 0.0200. The minimum Gasteiger partial charge on any atom is -0.482 e. The Morgan fingerprint density at radius 3 is 2.48 bits per heavy atom. The van der Waals surface area contributed by atoms with E-state index >= 15 is 0 Å². The Morgan fingerprint density at radius 2 is 1.77 bits per heavy atom. The number of aromatic nitrogens is 1. The summed E-state index contributed by atoms with van der Waals surface area (Å²) < 4.78 is 49.0. The van der Waals surface area contributed by atoms with Crippen LogP contribution in [0.25, 0.3) is 0 Å². The van der Waals surface area contributed by atoms with E-state index in [2.05, 4.69) is 5.32 Å². The summed E-state index contributed by atoms with van der Waals surface area (Å²) in [5.41, 5.74) is -1.07. The van der Waals surface area contributed by atoms with Gasteiger partial charge in [-0.05, 0) is 25.8 Å². The van der Waals surface area contributed by atoms with Crippen LogP contribution >= 0.6 is 0 Å². The highest BCUT2D eigenvalue weighted by Crippen LogP contribution is 2.28. The number of rotatable bonds is 6. The predicted molar refractivity (Wildman–Crippen MR) is 141 cm³/mol. The molecule has 0 fully saturated rings. The van der Waals surface area contributed by atoms with Crippen LogP contribution in [-0.4, -0.2) is 40.1 Å². The first kappa shape index (κ1) is 27.0. The zero-order valence-electron chi connectivity index (χ0n) is 21.9. The molecule has 2 aliphatic heterocycles. The molecule has 0 radical (unpaired) electrons. The van der Waals surface area contributed by atoms with Crippen molar-refractivity contribution in [3.8, 4) is 5.75 Å². The third kappa shape index (κ3) is 5.06. The van der Waals surface area contributed by atoms with Crippen molar-refractivity contribution in [3.63, 3.8) is 0 Å². The zero-order valence-corrected chi connectivity index (χ0v) is 21.9. The van der Waals surface area contributed by atoms with Crippen molar-refractivity contribution in [2.45, 2.75) is 45.5 Å². The Kier molecular flexibility index (Phi) is 7.38. The van der Waals surface area contributed by atoms with E-state index in [4.69, 9.17) is 4.74 Å². The van der Waals surface area contributed by atoms with Crippen LogP contribution in [0.5, 0.6) is 5.75 Å². The second-order valence-electron chi connectivity index (χ2n) is 9.81. The summed E-state index contributed by atoms with van der Waals surface area (Å²) in [7, 11) is 0. The van der Waals surface area contributed by atoms with E-state index in [9.17, 15) is 27.6 Å². The van der Waals surface area contributed by atoms with E-state index in [1.807, 2.05) is 37.1 Å². The maximum atomic E-state index is 14.2. The van der Waals surface area contributed by atoms with E-state index in [0.29, 0.717) is 18.6 Å². The lowest BCUT2D eigenvalue weighted by Crippen LogP contribution is -2.60. The smallest absolute Gasteiger partial charge is 0.278 e. The molecular weight excluding hydrogens is 525 g/mol. The van der Waals surface area contributed by atoms with Crippen molar-refractivity contribution in [1.29, 1.82) is 0 Å². The SMILES string of the molecule is C[C@@H]1/C=C\C[C@@H](C)N2CN1C(=O)c1c(OCc3ccccc3)c(=O)c(C(=O)NCc3c(F)cc(F)cc3F)cn12. The maximum Gasteiger partial charge on any atom is 0.278 e. The summed E-state index contributed by atoms with van der Waals surface area (Å²) in [6.45, 7) is 3.34. The van der Waals surface area contributed by atoms with Crippen molar-refractivity contribution in [2.75, 3.05) is 11.7 Å². The van der Waals surface area contributed by atoms with Gasteiger partial charge in [-0.25, -0.2) is 13.2 Å². The summed E-state index contributed by atoms with van der Waals surface area (Å²) in [5, 5.41) is 4.19. The highest BCUT2D eigenvalue weighted by molar-refractivity contribution is 5.99. The van der Waals surface area contributed by atoms with Gasteiger partial charge in [0.2, 0.25) is 5.43 Å². The number of ether oxygens (including phenoxy) is 1. The molecule has 208 valence electrons. The Balaban J connectivity index is 1.57. The van der Waals surface area contributed by atoms with Crippen LogP contribution in [0.1, 0.15) is 52.2 Å². The van der Waals surface area contributed by atoms with Gasteiger partial charge in [-0.3, -0.25) is 24.1 Å². The van der Waals surface area contributed by atoms with Gasteiger partial charge in [0, 0.05) is 42.5 Å². The molecule has 1 N–H and O–H groups in total. The monoisotopic (exact) mass is 552 g/mol. The molecule has 0 saturated heterocycles. The summed E-state index contributed by atoms with van der Waals surface area (Å²) in [4.78, 5) is 42.2. The number of halogens is 3. The van der Waals surface area contributed by atoms with Crippen LogP contribution in [0.15, 0.2) is 65.6 Å². The summed E-state index contributed by atoms with van der Waals surface area (Å²) in [5.74, 6) is -5.12. The third-order valence-corrected chi connectivity index (χ3v) is 7.08. The summed E-state index contributed by atoms with van der Waals surface area (Å²) in [6, 6.07) is 9.64. The second kappa shape index (κ2) is 10.9. The van der Waals surface area contributed by atoms with Crippen molar-refractivity contribution in [1.82, 2.24) is 14.9 Å². The lowest BCUT2D eigenvalue weighted by atomic mass is 10.1. The molecule has 3 heterocycles. The first-order valence-electron chi connectivity index (χ1n) is 12.8. The first-order chi connectivity index (χ1) is 19.2. The van der Waals surface area contributed by atoms with Crippen molar-refractivity contribution in [3.05, 3.63) is 111 Å². The van der Waals surface area contributed by atoms with Crippen LogP contribution in [0.2, 0.25) is 0 Å². The summed E-state index contributed by atoms with van der Waals surface area (Å²) >= 11 is 0. The van der Waals surface area contributed by atoms with E-state index in [0.717, 1.165) is 5.56 Å². The number of nitrogens with zero attached hydrogens (tertiary/aromatic N) is 3. The fraction of sp³-hybridized carbons (Fsp3) is 0.276. The Morgan fingerprint density at radius 1 is 1.07 bits per heavy atom. The Bertz CT molecular complexity index is 1530. The number of amides is 2. The molecule has 11 heteroatoms. The molecule has 0 saturated carbocycles. The Labute approximate surface area is 228 Å². The standard InChI is InChI=1S/C29H27F3N4O4/c1-17-7-6-8-18(2)36-16-34(17)29(39)25-27(40-15-19-9-4-3-5-10-19)26(37)22(14-35(25)36)28(38)33-13-21-23(31)11-20(30)12-24(21)32/h3-7,9-12,14,17-18H,8,13,15-16H2,1-2H3,(H,33,38)/b7-6-/t17-,18-/m1/s1. The molecule has 2 atom stereocenters. The van der Waals surface area contributed by atoms with Gasteiger partial charge < -0.3 is 15.0 Å². The molecule has 2 bridgehead atoms. The molecule has 0 spiro atoms. The van der Waals surface area contributed by atoms with Crippen molar-refractivity contribution < 1.29 is 27.5 Å². The van der Waals surface area contributed by atoms with E-state index < -0.39 is 46.8 Å². The number of nitrogens with one attached hydrogen (secondary N) is 1. The summed E-state index contributed by atoms with van der Waals surface area (Å²) in [6.07, 6.45) is 5.80. The molecule has 2 aromatic carbocycles. The fourth-order valence-electron chi connectivity index (χ4n) is 4.80. The molecule has 2 aliphatic rings. The van der Waals surface area contributed by atoms with Gasteiger partial charge in [-0.1, -0.05) is 42.5 Å². The molecule has 0 aliphatic carbocycles. The van der Waals surface area contributed by atoms with Crippen LogP contribution in [0.3, 0.4) is 0 Å². The van der Waals surface area contributed by atoms with Crippen LogP contribution in [-0.2, 0) is 13.2 Å². The normalized spacial score (nSPS) is 19.0. The number of fused-ring (bicyclic) bond motifs is 4. The molecule has 8 nitrogen and oxygen atoms in total. The maximum absolute atomic E-state index is 14.2. The molecule has 40 heavy (non-hydrogen) atoms. The number of carbonyl (C=O) groups is 2. The lowest BCUT2D eigenvalue weighted by Gasteiger charge is -2.45. The van der Waals surface area contributed by atoms with Crippen LogP contribution < -0.4 is 20.5 Å². The van der Waals surface area contributed by atoms with Gasteiger partial charge in [-0.15, -0.1) is 0 Å². The van der Waals surface area contributed by atoms with Crippen LogP contribution in [0.4, 0.5) is 13.2 Å². The van der Waals surface area contributed by atoms with Crippen molar-refractivity contribution in [2.24, 2.45) is 0 Å². The molecule has 1 aromatic heterocycles. The molecular formula is C29H27F3N4O4. The van der Waals surface area contributed by atoms with Gasteiger partial charge in [0.05, 0.1) is 0 Å². The van der Waals surface area contributed by atoms with Gasteiger partial charge >= 0.3 is 0 Å². The minimum atomic E-state index is -1.17. The average Bonchev–Trinajstić information content (AvgIpc) is 2.91. The zero-order chi connectivity index (χ0) is 28.6. The number of hydrogen-bond donors (Lipinski definition) is 1.